The highest BCUT2D eigenvalue weighted by atomic mass is 35.5. The van der Waals surface area contributed by atoms with Crippen LogP contribution in [0.4, 0.5) is 4.39 Å². The van der Waals surface area contributed by atoms with Crippen molar-refractivity contribution in [2.24, 2.45) is 11.8 Å². The van der Waals surface area contributed by atoms with Crippen molar-refractivity contribution in [1.82, 2.24) is 16.0 Å². The molecule has 0 aromatic heterocycles. The zero-order valence-corrected chi connectivity index (χ0v) is 16.0. The molecule has 0 saturated carbocycles. The molecule has 0 aliphatic carbocycles. The molecule has 1 heterocycles. The Hall–Kier alpha value is -1.66. The first-order chi connectivity index (χ1) is 12.1. The number of hydrogen-bond acceptors (Lipinski definition) is 3. The SMILES string of the molecule is CC(CC(=O)NCCCNC(=O)c1ccc(F)cc1)C1CCNCC1.Cl. The zero-order valence-electron chi connectivity index (χ0n) is 15.2. The lowest BCUT2D eigenvalue weighted by atomic mass is 9.84. The van der Waals surface area contributed by atoms with Gasteiger partial charge in [-0.2, -0.15) is 0 Å². The van der Waals surface area contributed by atoms with Gasteiger partial charge < -0.3 is 16.0 Å². The van der Waals surface area contributed by atoms with Crippen molar-refractivity contribution in [3.63, 3.8) is 0 Å². The van der Waals surface area contributed by atoms with Gasteiger partial charge in [-0.1, -0.05) is 6.92 Å². The molecule has 0 bridgehead atoms. The summed E-state index contributed by atoms with van der Waals surface area (Å²) in [4.78, 5) is 23.8. The second-order valence-electron chi connectivity index (χ2n) is 6.74. The van der Waals surface area contributed by atoms with Crippen LogP contribution in [0, 0.1) is 17.7 Å². The normalized spacial score (nSPS) is 15.6. The van der Waals surface area contributed by atoms with E-state index in [0.717, 1.165) is 25.9 Å². The number of rotatable bonds is 8. The minimum atomic E-state index is -0.363. The molecule has 7 heteroatoms. The predicted molar refractivity (Wildman–Crippen MR) is 103 cm³/mol. The van der Waals surface area contributed by atoms with Crippen LogP contribution in [0.15, 0.2) is 24.3 Å². The first kappa shape index (κ1) is 22.4. The van der Waals surface area contributed by atoms with Crippen molar-refractivity contribution < 1.29 is 14.0 Å². The number of carbonyl (C=O) groups excluding carboxylic acids is 2. The minimum Gasteiger partial charge on any atom is -0.356 e. The van der Waals surface area contributed by atoms with Crippen LogP contribution in [0.5, 0.6) is 0 Å². The molecule has 2 rings (SSSR count). The summed E-state index contributed by atoms with van der Waals surface area (Å²) in [6, 6.07) is 5.43. The largest absolute Gasteiger partial charge is 0.356 e. The topological polar surface area (TPSA) is 70.2 Å². The number of amides is 2. The van der Waals surface area contributed by atoms with E-state index in [4.69, 9.17) is 0 Å². The van der Waals surface area contributed by atoms with E-state index in [1.807, 2.05) is 0 Å². The summed E-state index contributed by atoms with van der Waals surface area (Å²) in [6.07, 6.45) is 3.51. The van der Waals surface area contributed by atoms with Crippen molar-refractivity contribution in [1.29, 1.82) is 0 Å². The van der Waals surface area contributed by atoms with E-state index in [0.29, 0.717) is 43.3 Å². The van der Waals surface area contributed by atoms with Crippen LogP contribution in [0.1, 0.15) is 43.0 Å². The highest BCUT2D eigenvalue weighted by Gasteiger charge is 2.21. The summed E-state index contributed by atoms with van der Waals surface area (Å²) in [5, 5.41) is 9.02. The number of piperidine rings is 1. The molecule has 1 aliphatic heterocycles. The van der Waals surface area contributed by atoms with E-state index >= 15 is 0 Å². The van der Waals surface area contributed by atoms with Gasteiger partial charge in [-0.15, -0.1) is 12.4 Å². The van der Waals surface area contributed by atoms with Gasteiger partial charge in [-0.3, -0.25) is 9.59 Å². The van der Waals surface area contributed by atoms with Crippen LogP contribution in [-0.4, -0.2) is 38.0 Å². The maximum Gasteiger partial charge on any atom is 0.251 e. The van der Waals surface area contributed by atoms with Crippen molar-refractivity contribution in [3.8, 4) is 0 Å². The van der Waals surface area contributed by atoms with Crippen LogP contribution in [0.3, 0.4) is 0 Å². The second kappa shape index (κ2) is 11.9. The smallest absolute Gasteiger partial charge is 0.251 e. The molecule has 1 unspecified atom stereocenters. The fraction of sp³-hybridized carbons (Fsp3) is 0.579. The highest BCUT2D eigenvalue weighted by Crippen LogP contribution is 2.24. The molecule has 1 aliphatic rings. The summed E-state index contributed by atoms with van der Waals surface area (Å²) >= 11 is 0. The molecule has 0 radical (unpaired) electrons. The lowest BCUT2D eigenvalue weighted by molar-refractivity contribution is -0.122. The van der Waals surface area contributed by atoms with E-state index in [9.17, 15) is 14.0 Å². The lowest BCUT2D eigenvalue weighted by Gasteiger charge is -2.27. The maximum absolute atomic E-state index is 12.8. The number of halogens is 2. The molecule has 1 aromatic rings. The minimum absolute atomic E-state index is 0. The standard InChI is InChI=1S/C19H28FN3O2.ClH/c1-14(15-7-11-21-12-8-15)13-18(24)22-9-2-10-23-19(25)16-3-5-17(20)6-4-16;/h3-6,14-15,21H,2,7-13H2,1H3,(H,22,24)(H,23,25);1H. The summed E-state index contributed by atoms with van der Waals surface area (Å²) in [5.41, 5.74) is 0.432. The van der Waals surface area contributed by atoms with E-state index < -0.39 is 0 Å². The third-order valence-corrected chi connectivity index (χ3v) is 4.76. The van der Waals surface area contributed by atoms with Gasteiger partial charge >= 0.3 is 0 Å². The molecule has 146 valence electrons. The van der Waals surface area contributed by atoms with Crippen LogP contribution >= 0.6 is 12.4 Å². The molecule has 1 saturated heterocycles. The van der Waals surface area contributed by atoms with Crippen molar-refractivity contribution >= 4 is 24.2 Å². The molecule has 1 aromatic carbocycles. The van der Waals surface area contributed by atoms with Gasteiger partial charge in [-0.05, 0) is 68.5 Å². The van der Waals surface area contributed by atoms with E-state index in [1.54, 1.807) is 0 Å². The van der Waals surface area contributed by atoms with Crippen LogP contribution in [-0.2, 0) is 4.79 Å². The Kier molecular flexibility index (Phi) is 10.2. The Bertz CT molecular complexity index is 562. The molecule has 1 atom stereocenters. The van der Waals surface area contributed by atoms with E-state index in [-0.39, 0.29) is 30.0 Å². The predicted octanol–water partition coefficient (Wildman–Crippen LogP) is 2.51. The van der Waals surface area contributed by atoms with E-state index in [1.165, 1.54) is 24.3 Å². The molecule has 26 heavy (non-hydrogen) atoms. The van der Waals surface area contributed by atoms with Gasteiger partial charge in [0.2, 0.25) is 5.91 Å². The monoisotopic (exact) mass is 385 g/mol. The molecule has 2 amide bonds. The average Bonchev–Trinajstić information content (AvgIpc) is 2.62. The molecule has 5 nitrogen and oxygen atoms in total. The lowest BCUT2D eigenvalue weighted by Crippen LogP contribution is -2.34. The van der Waals surface area contributed by atoms with Crippen LogP contribution < -0.4 is 16.0 Å². The summed E-state index contributed by atoms with van der Waals surface area (Å²) in [6.45, 7) is 5.26. The Morgan fingerprint density at radius 3 is 2.42 bits per heavy atom. The highest BCUT2D eigenvalue weighted by molar-refractivity contribution is 5.94. The van der Waals surface area contributed by atoms with Crippen molar-refractivity contribution in [3.05, 3.63) is 35.6 Å². The first-order valence-electron chi connectivity index (χ1n) is 9.07. The molecule has 0 spiro atoms. The number of hydrogen-bond donors (Lipinski definition) is 3. The number of carbonyl (C=O) groups is 2. The Morgan fingerprint density at radius 2 is 1.77 bits per heavy atom. The quantitative estimate of drug-likeness (QED) is 0.602. The van der Waals surface area contributed by atoms with Crippen molar-refractivity contribution in [2.45, 2.75) is 32.6 Å². The summed E-state index contributed by atoms with van der Waals surface area (Å²) in [7, 11) is 0. The molecular weight excluding hydrogens is 357 g/mol. The first-order valence-corrected chi connectivity index (χ1v) is 9.07. The van der Waals surface area contributed by atoms with Crippen LogP contribution in [0.25, 0.3) is 0 Å². The number of nitrogens with one attached hydrogen (secondary N) is 3. The van der Waals surface area contributed by atoms with Gasteiger partial charge in [0, 0.05) is 25.1 Å². The van der Waals surface area contributed by atoms with Gasteiger partial charge in [0.1, 0.15) is 5.82 Å². The van der Waals surface area contributed by atoms with Gasteiger partial charge in [0.25, 0.3) is 5.91 Å². The second-order valence-corrected chi connectivity index (χ2v) is 6.74. The fourth-order valence-corrected chi connectivity index (χ4v) is 3.17. The summed E-state index contributed by atoms with van der Waals surface area (Å²) < 4.78 is 12.8. The average molecular weight is 386 g/mol. The van der Waals surface area contributed by atoms with Gasteiger partial charge in [-0.25, -0.2) is 4.39 Å². The van der Waals surface area contributed by atoms with Gasteiger partial charge in [0.05, 0.1) is 0 Å². The maximum atomic E-state index is 12.8. The van der Waals surface area contributed by atoms with Gasteiger partial charge in [0.15, 0.2) is 0 Å². The van der Waals surface area contributed by atoms with Crippen LogP contribution in [0.2, 0.25) is 0 Å². The summed E-state index contributed by atoms with van der Waals surface area (Å²) in [5.74, 6) is 0.516. The Labute approximate surface area is 160 Å². The third kappa shape index (κ3) is 7.70. The zero-order chi connectivity index (χ0) is 18.1. The molecule has 3 N–H and O–H groups in total. The Morgan fingerprint density at radius 1 is 1.15 bits per heavy atom. The van der Waals surface area contributed by atoms with Crippen molar-refractivity contribution in [2.75, 3.05) is 26.2 Å². The van der Waals surface area contributed by atoms with E-state index in [2.05, 4.69) is 22.9 Å². The molecule has 1 fully saturated rings. The third-order valence-electron chi connectivity index (χ3n) is 4.76. The number of benzene rings is 1. The Balaban J connectivity index is 0.00000338. The fourth-order valence-electron chi connectivity index (χ4n) is 3.17. The molecular formula is C19H29ClFN3O2.